The van der Waals surface area contributed by atoms with Gasteiger partial charge in [-0.1, -0.05) is 11.3 Å². The molecule has 146 valence electrons. The van der Waals surface area contributed by atoms with E-state index in [1.807, 2.05) is 73.3 Å². The summed E-state index contributed by atoms with van der Waals surface area (Å²) < 4.78 is 15.7. The van der Waals surface area contributed by atoms with E-state index in [2.05, 4.69) is 20.3 Å². The zero-order valence-corrected chi connectivity index (χ0v) is 16.2. The lowest BCUT2D eigenvalue weighted by molar-refractivity contribution is 0.0504. The summed E-state index contributed by atoms with van der Waals surface area (Å²) in [5.41, 5.74) is 2.94. The van der Waals surface area contributed by atoms with Crippen LogP contribution in [-0.2, 0) is 6.54 Å². The van der Waals surface area contributed by atoms with E-state index < -0.39 is 5.60 Å². The second-order valence-electron chi connectivity index (χ2n) is 7.39. The van der Waals surface area contributed by atoms with Crippen LogP contribution in [0.2, 0.25) is 0 Å². The van der Waals surface area contributed by atoms with Crippen molar-refractivity contribution in [3.8, 4) is 28.8 Å². The molecule has 3 aromatic heterocycles. The van der Waals surface area contributed by atoms with E-state index in [1.165, 1.54) is 0 Å². The minimum absolute atomic E-state index is 0.432. The van der Waals surface area contributed by atoms with Gasteiger partial charge in [0, 0.05) is 12.4 Å². The van der Waals surface area contributed by atoms with Crippen molar-refractivity contribution in [2.45, 2.75) is 26.0 Å². The standard InChI is InChI=1S/C21H20N6O2/c1-15-11-26-13-21(2,29-20(26)23-15)14-28-17-8-6-16(7-9-17)27-12-19(24-25-27)18-5-3-4-10-22-18/h3-12H,13-14H2,1-2H3/t21-/m1/s1. The third-order valence-corrected chi connectivity index (χ3v) is 4.77. The maximum atomic E-state index is 5.97. The van der Waals surface area contributed by atoms with Gasteiger partial charge in [0.15, 0.2) is 5.60 Å². The molecular weight excluding hydrogens is 368 g/mol. The van der Waals surface area contributed by atoms with Crippen molar-refractivity contribution < 1.29 is 9.47 Å². The van der Waals surface area contributed by atoms with E-state index in [4.69, 9.17) is 9.47 Å². The van der Waals surface area contributed by atoms with Gasteiger partial charge >= 0.3 is 0 Å². The second-order valence-corrected chi connectivity index (χ2v) is 7.39. The van der Waals surface area contributed by atoms with Crippen LogP contribution in [-0.4, -0.2) is 41.7 Å². The average molecular weight is 388 g/mol. The Bertz CT molecular complexity index is 1110. The normalized spacial score (nSPS) is 17.7. The van der Waals surface area contributed by atoms with Gasteiger partial charge in [-0.05, 0) is 50.2 Å². The van der Waals surface area contributed by atoms with Gasteiger partial charge in [-0.2, -0.15) is 0 Å². The summed E-state index contributed by atoms with van der Waals surface area (Å²) in [7, 11) is 0. The highest BCUT2D eigenvalue weighted by molar-refractivity contribution is 5.52. The highest BCUT2D eigenvalue weighted by Crippen LogP contribution is 2.29. The number of hydrogen-bond acceptors (Lipinski definition) is 6. The number of hydrogen-bond donors (Lipinski definition) is 0. The quantitative estimate of drug-likeness (QED) is 0.523. The molecule has 4 aromatic rings. The zero-order chi connectivity index (χ0) is 19.8. The maximum Gasteiger partial charge on any atom is 0.297 e. The highest BCUT2D eigenvalue weighted by atomic mass is 16.6. The number of benzene rings is 1. The number of aryl methyl sites for hydroxylation is 1. The van der Waals surface area contributed by atoms with Crippen LogP contribution in [0.1, 0.15) is 12.6 Å². The molecular formula is C21H20N6O2. The molecule has 1 aromatic carbocycles. The minimum atomic E-state index is -0.432. The number of ether oxygens (including phenoxy) is 2. The zero-order valence-electron chi connectivity index (χ0n) is 16.2. The summed E-state index contributed by atoms with van der Waals surface area (Å²) in [6, 6.07) is 14.1. The molecule has 4 heterocycles. The van der Waals surface area contributed by atoms with Crippen molar-refractivity contribution in [2.75, 3.05) is 6.61 Å². The Balaban J connectivity index is 1.24. The van der Waals surface area contributed by atoms with Gasteiger partial charge in [0.1, 0.15) is 18.1 Å². The lowest BCUT2D eigenvalue weighted by Gasteiger charge is -2.22. The van der Waals surface area contributed by atoms with Crippen molar-refractivity contribution in [2.24, 2.45) is 0 Å². The lowest BCUT2D eigenvalue weighted by atomic mass is 10.1. The number of nitrogens with zero attached hydrogens (tertiary/aromatic N) is 6. The van der Waals surface area contributed by atoms with E-state index >= 15 is 0 Å². The molecule has 0 unspecified atom stereocenters. The molecule has 1 aliphatic rings. The average Bonchev–Trinajstić information content (AvgIpc) is 3.41. The van der Waals surface area contributed by atoms with Gasteiger partial charge < -0.3 is 9.47 Å². The molecule has 0 radical (unpaired) electrons. The predicted molar refractivity (Wildman–Crippen MR) is 106 cm³/mol. The van der Waals surface area contributed by atoms with Gasteiger partial charge in [0.25, 0.3) is 6.01 Å². The summed E-state index contributed by atoms with van der Waals surface area (Å²) in [5.74, 6) is 0.768. The Morgan fingerprint density at radius 2 is 1.97 bits per heavy atom. The number of pyridine rings is 1. The Labute approximate surface area is 167 Å². The van der Waals surface area contributed by atoms with Crippen LogP contribution in [0.25, 0.3) is 17.1 Å². The molecule has 0 saturated heterocycles. The monoisotopic (exact) mass is 388 g/mol. The maximum absolute atomic E-state index is 5.97. The fourth-order valence-corrected chi connectivity index (χ4v) is 3.36. The first-order chi connectivity index (χ1) is 14.1. The molecule has 5 rings (SSSR count). The van der Waals surface area contributed by atoms with Gasteiger partial charge in [-0.15, -0.1) is 5.10 Å². The van der Waals surface area contributed by atoms with Crippen LogP contribution in [0.4, 0.5) is 0 Å². The van der Waals surface area contributed by atoms with E-state index in [0.717, 1.165) is 35.1 Å². The predicted octanol–water partition coefficient (Wildman–Crippen LogP) is 3.06. The number of imidazole rings is 1. The fourth-order valence-electron chi connectivity index (χ4n) is 3.36. The Hall–Kier alpha value is -3.68. The van der Waals surface area contributed by atoms with Crippen LogP contribution in [0.3, 0.4) is 0 Å². The molecule has 1 aliphatic heterocycles. The summed E-state index contributed by atoms with van der Waals surface area (Å²) in [6.07, 6.45) is 5.59. The Morgan fingerprint density at radius 1 is 1.10 bits per heavy atom. The van der Waals surface area contributed by atoms with Crippen LogP contribution >= 0.6 is 0 Å². The van der Waals surface area contributed by atoms with Crippen LogP contribution in [0, 0.1) is 6.92 Å². The number of rotatable bonds is 5. The van der Waals surface area contributed by atoms with Crippen molar-refractivity contribution >= 4 is 0 Å². The first kappa shape index (κ1) is 17.4. The fraction of sp³-hybridized carbons (Fsp3) is 0.238. The Morgan fingerprint density at radius 3 is 2.72 bits per heavy atom. The summed E-state index contributed by atoms with van der Waals surface area (Å²) in [4.78, 5) is 8.68. The first-order valence-corrected chi connectivity index (χ1v) is 9.38. The van der Waals surface area contributed by atoms with Gasteiger partial charge in [-0.25, -0.2) is 9.67 Å². The number of aromatic nitrogens is 6. The molecule has 8 heteroatoms. The molecule has 1 atom stereocenters. The third-order valence-electron chi connectivity index (χ3n) is 4.77. The van der Waals surface area contributed by atoms with Gasteiger partial charge in [-0.3, -0.25) is 9.55 Å². The van der Waals surface area contributed by atoms with Gasteiger partial charge in [0.2, 0.25) is 0 Å². The van der Waals surface area contributed by atoms with Crippen LogP contribution in [0.15, 0.2) is 61.1 Å². The van der Waals surface area contributed by atoms with Crippen LogP contribution < -0.4 is 9.47 Å². The molecule has 0 saturated carbocycles. The van der Waals surface area contributed by atoms with Crippen LogP contribution in [0.5, 0.6) is 11.8 Å². The second kappa shape index (κ2) is 6.73. The lowest BCUT2D eigenvalue weighted by Crippen LogP contribution is -2.38. The van der Waals surface area contributed by atoms with Crippen molar-refractivity contribution in [1.82, 2.24) is 29.5 Å². The topological polar surface area (TPSA) is 79.9 Å². The molecule has 0 fully saturated rings. The van der Waals surface area contributed by atoms with E-state index in [-0.39, 0.29) is 0 Å². The molecule has 0 spiro atoms. The molecule has 29 heavy (non-hydrogen) atoms. The summed E-state index contributed by atoms with van der Waals surface area (Å²) in [6.45, 7) is 5.14. The third kappa shape index (κ3) is 3.44. The Kier molecular flexibility index (Phi) is 4.04. The minimum Gasteiger partial charge on any atom is -0.489 e. The molecule has 0 aliphatic carbocycles. The molecule has 0 amide bonds. The first-order valence-electron chi connectivity index (χ1n) is 9.38. The summed E-state index contributed by atoms with van der Waals surface area (Å²) in [5, 5.41) is 8.39. The van der Waals surface area contributed by atoms with Crippen molar-refractivity contribution in [1.29, 1.82) is 0 Å². The van der Waals surface area contributed by atoms with E-state index in [0.29, 0.717) is 12.6 Å². The van der Waals surface area contributed by atoms with E-state index in [1.54, 1.807) is 10.9 Å². The van der Waals surface area contributed by atoms with Gasteiger partial charge in [0.05, 0.1) is 29.8 Å². The molecule has 0 bridgehead atoms. The summed E-state index contributed by atoms with van der Waals surface area (Å²) >= 11 is 0. The molecule has 0 N–H and O–H groups in total. The molecule has 8 nitrogen and oxygen atoms in total. The number of fused-ring (bicyclic) bond motifs is 1. The largest absolute Gasteiger partial charge is 0.489 e. The SMILES string of the molecule is Cc1cn2c(n1)O[C@@](C)(COc1ccc(-n3cc(-c4ccccn4)nn3)cc1)C2. The highest BCUT2D eigenvalue weighted by Gasteiger charge is 2.37. The van der Waals surface area contributed by atoms with Crippen molar-refractivity contribution in [3.05, 3.63) is 66.7 Å². The smallest absolute Gasteiger partial charge is 0.297 e. The van der Waals surface area contributed by atoms with Crippen molar-refractivity contribution in [3.63, 3.8) is 0 Å². The van der Waals surface area contributed by atoms with E-state index in [9.17, 15) is 0 Å².